The molecule has 0 atom stereocenters. The van der Waals surface area contributed by atoms with Crippen molar-refractivity contribution in [3.8, 4) is 6.07 Å². The molecule has 0 radical (unpaired) electrons. The lowest BCUT2D eigenvalue weighted by atomic mass is 10.0. The third-order valence-corrected chi connectivity index (χ3v) is 2.75. The van der Waals surface area contributed by atoms with Gasteiger partial charge < -0.3 is 9.73 Å². The molecule has 1 heterocycles. The number of furan rings is 1. The van der Waals surface area contributed by atoms with Crippen LogP contribution in [-0.2, 0) is 13.0 Å². The zero-order valence-corrected chi connectivity index (χ0v) is 9.73. The van der Waals surface area contributed by atoms with Crippen LogP contribution < -0.4 is 5.32 Å². The van der Waals surface area contributed by atoms with Crippen LogP contribution in [-0.4, -0.2) is 0 Å². The van der Waals surface area contributed by atoms with Crippen molar-refractivity contribution in [2.45, 2.75) is 19.9 Å². The maximum Gasteiger partial charge on any atom is 0.122 e. The molecule has 2 aromatic rings. The number of benzene rings is 1. The fraction of sp³-hybridized carbons (Fsp3) is 0.214. The molecular weight excluding hydrogens is 212 g/mol. The quantitative estimate of drug-likeness (QED) is 0.870. The van der Waals surface area contributed by atoms with Crippen molar-refractivity contribution in [3.05, 3.63) is 53.5 Å². The van der Waals surface area contributed by atoms with Gasteiger partial charge in [-0.25, -0.2) is 0 Å². The second-order valence-electron chi connectivity index (χ2n) is 3.86. The standard InChI is InChI=1S/C14H14N2O/c1-11-12(7-8-15)4-2-6-14(11)16-10-13-5-3-9-17-13/h2-6,9,16H,7,10H2,1H3. The molecule has 3 heteroatoms. The molecule has 86 valence electrons. The van der Waals surface area contributed by atoms with Crippen molar-refractivity contribution in [2.75, 3.05) is 5.32 Å². The van der Waals surface area contributed by atoms with Gasteiger partial charge in [-0.1, -0.05) is 12.1 Å². The molecule has 0 aliphatic carbocycles. The minimum atomic E-state index is 0.447. The number of nitriles is 1. The first-order valence-electron chi connectivity index (χ1n) is 5.53. The van der Waals surface area contributed by atoms with Crippen LogP contribution in [0.15, 0.2) is 41.0 Å². The van der Waals surface area contributed by atoms with E-state index in [0.717, 1.165) is 22.6 Å². The van der Waals surface area contributed by atoms with E-state index in [9.17, 15) is 0 Å². The zero-order chi connectivity index (χ0) is 12.1. The van der Waals surface area contributed by atoms with Crippen molar-refractivity contribution in [1.82, 2.24) is 0 Å². The Kier molecular flexibility index (Phi) is 3.46. The smallest absolute Gasteiger partial charge is 0.122 e. The maximum absolute atomic E-state index is 8.73. The van der Waals surface area contributed by atoms with E-state index in [2.05, 4.69) is 11.4 Å². The van der Waals surface area contributed by atoms with E-state index in [1.54, 1.807) is 6.26 Å². The highest BCUT2D eigenvalue weighted by atomic mass is 16.3. The third kappa shape index (κ3) is 2.67. The van der Waals surface area contributed by atoms with Crippen LogP contribution in [0.4, 0.5) is 5.69 Å². The fourth-order valence-electron chi connectivity index (χ4n) is 1.75. The molecule has 2 rings (SSSR count). The van der Waals surface area contributed by atoms with Crippen molar-refractivity contribution < 1.29 is 4.42 Å². The average Bonchev–Trinajstić information content (AvgIpc) is 2.83. The second-order valence-corrected chi connectivity index (χ2v) is 3.86. The van der Waals surface area contributed by atoms with Gasteiger partial charge in [0.2, 0.25) is 0 Å². The summed E-state index contributed by atoms with van der Waals surface area (Å²) < 4.78 is 5.26. The minimum Gasteiger partial charge on any atom is -0.467 e. The van der Waals surface area contributed by atoms with Gasteiger partial charge in [0.25, 0.3) is 0 Å². The Balaban J connectivity index is 2.11. The van der Waals surface area contributed by atoms with Gasteiger partial charge in [0.05, 0.1) is 25.3 Å². The summed E-state index contributed by atoms with van der Waals surface area (Å²) in [6.07, 6.45) is 2.11. The Morgan fingerprint density at radius 1 is 1.29 bits per heavy atom. The molecule has 0 saturated heterocycles. The van der Waals surface area contributed by atoms with Crippen LogP contribution in [0.25, 0.3) is 0 Å². The molecule has 1 aromatic carbocycles. The zero-order valence-electron chi connectivity index (χ0n) is 9.73. The van der Waals surface area contributed by atoms with Crippen LogP contribution >= 0.6 is 0 Å². The van der Waals surface area contributed by atoms with E-state index in [4.69, 9.17) is 9.68 Å². The topological polar surface area (TPSA) is 49.0 Å². The number of nitrogens with zero attached hydrogens (tertiary/aromatic N) is 1. The lowest BCUT2D eigenvalue weighted by Crippen LogP contribution is -2.01. The van der Waals surface area contributed by atoms with E-state index in [0.29, 0.717) is 13.0 Å². The Labute approximate surface area is 101 Å². The Hall–Kier alpha value is -2.21. The predicted octanol–water partition coefficient (Wildman–Crippen LogP) is 3.27. The first-order chi connectivity index (χ1) is 8.31. The SMILES string of the molecule is Cc1c(CC#N)cccc1NCc1ccco1. The number of nitrogens with one attached hydrogen (secondary N) is 1. The molecule has 1 aromatic heterocycles. The summed E-state index contributed by atoms with van der Waals surface area (Å²) >= 11 is 0. The summed E-state index contributed by atoms with van der Waals surface area (Å²) in [5.41, 5.74) is 3.24. The predicted molar refractivity (Wildman–Crippen MR) is 66.5 cm³/mol. The number of anilines is 1. The summed E-state index contributed by atoms with van der Waals surface area (Å²) in [4.78, 5) is 0. The number of rotatable bonds is 4. The Morgan fingerprint density at radius 2 is 2.18 bits per heavy atom. The highest BCUT2D eigenvalue weighted by Crippen LogP contribution is 2.20. The molecule has 1 N–H and O–H groups in total. The lowest BCUT2D eigenvalue weighted by Gasteiger charge is -2.10. The Morgan fingerprint density at radius 3 is 2.88 bits per heavy atom. The maximum atomic E-state index is 8.73. The molecule has 3 nitrogen and oxygen atoms in total. The summed E-state index contributed by atoms with van der Waals surface area (Å²) in [6.45, 7) is 2.68. The van der Waals surface area contributed by atoms with Crippen LogP contribution in [0.5, 0.6) is 0 Å². The van der Waals surface area contributed by atoms with Gasteiger partial charge in [0.15, 0.2) is 0 Å². The van der Waals surface area contributed by atoms with E-state index < -0.39 is 0 Å². The van der Waals surface area contributed by atoms with Crippen molar-refractivity contribution in [1.29, 1.82) is 5.26 Å². The van der Waals surface area contributed by atoms with Gasteiger partial charge in [-0.15, -0.1) is 0 Å². The highest BCUT2D eigenvalue weighted by molar-refractivity contribution is 5.54. The summed E-state index contributed by atoms with van der Waals surface area (Å²) in [6, 6.07) is 11.9. The largest absolute Gasteiger partial charge is 0.467 e. The van der Waals surface area contributed by atoms with E-state index in [-0.39, 0.29) is 0 Å². The molecule has 0 aliphatic heterocycles. The van der Waals surface area contributed by atoms with E-state index in [1.165, 1.54) is 0 Å². The van der Waals surface area contributed by atoms with Gasteiger partial charge in [-0.05, 0) is 36.2 Å². The summed E-state index contributed by atoms with van der Waals surface area (Å²) in [5.74, 6) is 0.898. The molecule has 0 saturated carbocycles. The summed E-state index contributed by atoms with van der Waals surface area (Å²) in [7, 11) is 0. The fourth-order valence-corrected chi connectivity index (χ4v) is 1.75. The summed E-state index contributed by atoms with van der Waals surface area (Å²) in [5, 5.41) is 12.0. The lowest BCUT2D eigenvalue weighted by molar-refractivity contribution is 0.518. The molecule has 0 aliphatic rings. The molecule has 0 fully saturated rings. The van der Waals surface area contributed by atoms with Gasteiger partial charge in [-0.2, -0.15) is 5.26 Å². The Bertz CT molecular complexity index is 524. The third-order valence-electron chi connectivity index (χ3n) is 2.75. The van der Waals surface area contributed by atoms with Gasteiger partial charge in [0, 0.05) is 5.69 Å². The second kappa shape index (κ2) is 5.22. The van der Waals surface area contributed by atoms with Crippen molar-refractivity contribution in [3.63, 3.8) is 0 Å². The number of hydrogen-bond acceptors (Lipinski definition) is 3. The molecule has 0 spiro atoms. The minimum absolute atomic E-state index is 0.447. The first kappa shape index (κ1) is 11.3. The first-order valence-corrected chi connectivity index (χ1v) is 5.53. The number of hydrogen-bond donors (Lipinski definition) is 1. The molecule has 17 heavy (non-hydrogen) atoms. The van der Waals surface area contributed by atoms with Crippen molar-refractivity contribution in [2.24, 2.45) is 0 Å². The van der Waals surface area contributed by atoms with Gasteiger partial charge in [0.1, 0.15) is 5.76 Å². The monoisotopic (exact) mass is 226 g/mol. The molecule has 0 amide bonds. The van der Waals surface area contributed by atoms with Crippen LogP contribution in [0, 0.1) is 18.3 Å². The molecule has 0 bridgehead atoms. The van der Waals surface area contributed by atoms with E-state index >= 15 is 0 Å². The average molecular weight is 226 g/mol. The molecular formula is C14H14N2O. The van der Waals surface area contributed by atoms with Gasteiger partial charge >= 0.3 is 0 Å². The molecule has 0 unspecified atom stereocenters. The van der Waals surface area contributed by atoms with Crippen LogP contribution in [0.2, 0.25) is 0 Å². The van der Waals surface area contributed by atoms with Crippen LogP contribution in [0.1, 0.15) is 16.9 Å². The van der Waals surface area contributed by atoms with E-state index in [1.807, 2.05) is 37.3 Å². The normalized spacial score (nSPS) is 9.88. The highest BCUT2D eigenvalue weighted by Gasteiger charge is 2.03. The van der Waals surface area contributed by atoms with Crippen LogP contribution in [0.3, 0.4) is 0 Å². The van der Waals surface area contributed by atoms with Crippen molar-refractivity contribution >= 4 is 5.69 Å². The van der Waals surface area contributed by atoms with Gasteiger partial charge in [-0.3, -0.25) is 0 Å².